The molecule has 0 bridgehead atoms. The minimum atomic E-state index is -0.488. The number of halogens is 2. The van der Waals surface area contributed by atoms with Crippen molar-refractivity contribution in [2.45, 2.75) is 39.2 Å². The number of carbonyl (C=O) groups excluding carboxylic acids is 1. The number of nitrogens with zero attached hydrogens (tertiary/aromatic N) is 1. The molecule has 0 unspecified atom stereocenters. The molecule has 4 nitrogen and oxygen atoms in total. The number of amides is 1. The van der Waals surface area contributed by atoms with E-state index in [2.05, 4.69) is 22.5 Å². The highest BCUT2D eigenvalue weighted by Crippen LogP contribution is 2.31. The zero-order valence-electron chi connectivity index (χ0n) is 15.0. The van der Waals surface area contributed by atoms with Gasteiger partial charge in [-0.05, 0) is 73.2 Å². The largest absolute Gasteiger partial charge is 0.489 e. The van der Waals surface area contributed by atoms with Crippen molar-refractivity contribution < 1.29 is 18.7 Å². The van der Waals surface area contributed by atoms with Gasteiger partial charge in [-0.15, -0.1) is 0 Å². The average molecular weight is 414 g/mol. The molecular weight excluding hydrogens is 389 g/mol. The van der Waals surface area contributed by atoms with Gasteiger partial charge in [-0.25, -0.2) is 9.18 Å². The van der Waals surface area contributed by atoms with Gasteiger partial charge in [-0.2, -0.15) is 0 Å². The molecule has 2 rings (SSSR count). The monoisotopic (exact) mass is 413 g/mol. The molecule has 1 aliphatic rings. The van der Waals surface area contributed by atoms with Crippen LogP contribution in [0.1, 0.15) is 39.2 Å². The molecule has 0 radical (unpaired) electrons. The predicted molar refractivity (Wildman–Crippen MR) is 100 cm³/mol. The normalized spacial score (nSPS) is 15.8. The van der Waals surface area contributed by atoms with E-state index in [9.17, 15) is 9.18 Å². The zero-order valence-corrected chi connectivity index (χ0v) is 16.6. The predicted octanol–water partition coefficient (Wildman–Crippen LogP) is 5.26. The van der Waals surface area contributed by atoms with Gasteiger partial charge in [0.25, 0.3) is 0 Å². The van der Waals surface area contributed by atoms with Crippen LogP contribution in [0.3, 0.4) is 0 Å². The Morgan fingerprint density at radius 2 is 2.04 bits per heavy atom. The van der Waals surface area contributed by atoms with Crippen molar-refractivity contribution in [1.82, 2.24) is 4.90 Å². The Balaban J connectivity index is 1.85. The summed E-state index contributed by atoms with van der Waals surface area (Å²) in [4.78, 5) is 13.8. The first kappa shape index (κ1) is 19.8. The maximum atomic E-state index is 14.1. The van der Waals surface area contributed by atoms with Gasteiger partial charge in [0, 0.05) is 13.1 Å². The van der Waals surface area contributed by atoms with Crippen molar-refractivity contribution in [3.8, 4) is 5.75 Å². The molecule has 0 spiro atoms. The van der Waals surface area contributed by atoms with Crippen LogP contribution in [0.25, 0.3) is 6.08 Å². The lowest BCUT2D eigenvalue weighted by Crippen LogP contribution is -2.42. The first-order valence-corrected chi connectivity index (χ1v) is 9.21. The smallest absolute Gasteiger partial charge is 0.410 e. The van der Waals surface area contributed by atoms with Gasteiger partial charge >= 0.3 is 6.09 Å². The van der Waals surface area contributed by atoms with E-state index in [1.54, 1.807) is 17.0 Å². The Labute approximate surface area is 157 Å². The number of likely N-dealkylation sites (tertiary alicyclic amines) is 1. The molecule has 0 N–H and O–H groups in total. The molecule has 6 heteroatoms. The summed E-state index contributed by atoms with van der Waals surface area (Å²) in [6, 6.07) is 3.18. The lowest BCUT2D eigenvalue weighted by molar-refractivity contribution is 0.0164. The number of hydrogen-bond acceptors (Lipinski definition) is 3. The highest BCUT2D eigenvalue weighted by atomic mass is 79.9. The molecule has 138 valence electrons. The minimum absolute atomic E-state index is 0.222. The van der Waals surface area contributed by atoms with E-state index in [0.717, 1.165) is 12.8 Å². The summed E-state index contributed by atoms with van der Waals surface area (Å²) in [7, 11) is 0. The van der Waals surface area contributed by atoms with Gasteiger partial charge in [0.15, 0.2) is 11.6 Å². The van der Waals surface area contributed by atoms with Crippen LogP contribution in [0.4, 0.5) is 9.18 Å². The first-order valence-electron chi connectivity index (χ1n) is 8.42. The van der Waals surface area contributed by atoms with E-state index in [0.29, 0.717) is 29.7 Å². The highest BCUT2D eigenvalue weighted by molar-refractivity contribution is 9.10. The number of piperidine rings is 1. The third-order valence-corrected chi connectivity index (χ3v) is 4.57. The Hall–Kier alpha value is -1.56. The molecule has 1 saturated heterocycles. The van der Waals surface area contributed by atoms with Crippen LogP contribution < -0.4 is 4.74 Å². The highest BCUT2D eigenvalue weighted by Gasteiger charge is 2.27. The van der Waals surface area contributed by atoms with E-state index in [4.69, 9.17) is 9.47 Å². The summed E-state index contributed by atoms with van der Waals surface area (Å²) in [6.45, 7) is 10.9. The fraction of sp³-hybridized carbons (Fsp3) is 0.526. The van der Waals surface area contributed by atoms with Crippen molar-refractivity contribution in [2.24, 2.45) is 5.92 Å². The van der Waals surface area contributed by atoms with Crippen LogP contribution in [0, 0.1) is 11.7 Å². The van der Waals surface area contributed by atoms with Gasteiger partial charge in [-0.3, -0.25) is 0 Å². The van der Waals surface area contributed by atoms with E-state index in [1.165, 1.54) is 6.07 Å². The summed E-state index contributed by atoms with van der Waals surface area (Å²) in [6.07, 6.45) is 2.93. The SMILES string of the molecule is C=Cc1cc(F)c(OCC2CCN(C(=O)OC(C)(C)C)CC2)c(Br)c1. The molecule has 1 aromatic carbocycles. The number of rotatable bonds is 4. The topological polar surface area (TPSA) is 38.8 Å². The molecule has 1 amide bonds. The van der Waals surface area contributed by atoms with Gasteiger partial charge in [-0.1, -0.05) is 12.7 Å². The number of ether oxygens (including phenoxy) is 2. The van der Waals surface area contributed by atoms with Gasteiger partial charge in [0.05, 0.1) is 11.1 Å². The van der Waals surface area contributed by atoms with Crippen LogP contribution in [-0.4, -0.2) is 36.3 Å². The van der Waals surface area contributed by atoms with Gasteiger partial charge < -0.3 is 14.4 Å². The molecule has 0 aromatic heterocycles. The van der Waals surface area contributed by atoms with Crippen molar-refractivity contribution in [2.75, 3.05) is 19.7 Å². The molecule has 1 aromatic rings. The molecule has 25 heavy (non-hydrogen) atoms. The van der Waals surface area contributed by atoms with Crippen LogP contribution >= 0.6 is 15.9 Å². The third-order valence-electron chi connectivity index (χ3n) is 3.99. The minimum Gasteiger partial charge on any atom is -0.489 e. The Bertz CT molecular complexity index is 611. The first-order chi connectivity index (χ1) is 11.7. The van der Waals surface area contributed by atoms with Crippen molar-refractivity contribution >= 4 is 28.1 Å². The Morgan fingerprint density at radius 3 is 2.56 bits per heavy atom. The second-order valence-corrected chi connectivity index (χ2v) is 8.09. The van der Waals surface area contributed by atoms with Crippen molar-refractivity contribution in [3.05, 3.63) is 34.6 Å². The second kappa shape index (κ2) is 8.21. The van der Waals surface area contributed by atoms with E-state index >= 15 is 0 Å². The third kappa shape index (κ3) is 5.73. The number of carbonyl (C=O) groups is 1. The van der Waals surface area contributed by atoms with Crippen LogP contribution in [-0.2, 0) is 4.74 Å². The summed E-state index contributed by atoms with van der Waals surface area (Å²) >= 11 is 3.34. The van der Waals surface area contributed by atoms with Gasteiger partial charge in [0.1, 0.15) is 5.60 Å². The Morgan fingerprint density at radius 1 is 1.40 bits per heavy atom. The Kier molecular flexibility index (Phi) is 6.49. The molecule has 0 saturated carbocycles. The maximum Gasteiger partial charge on any atom is 0.410 e. The van der Waals surface area contributed by atoms with Gasteiger partial charge in [0.2, 0.25) is 0 Å². The van der Waals surface area contributed by atoms with Crippen molar-refractivity contribution in [1.29, 1.82) is 0 Å². The average Bonchev–Trinajstić information content (AvgIpc) is 2.52. The number of hydrogen-bond donors (Lipinski definition) is 0. The molecule has 1 fully saturated rings. The van der Waals surface area contributed by atoms with E-state index in [1.807, 2.05) is 20.8 Å². The maximum absolute atomic E-state index is 14.1. The van der Waals surface area contributed by atoms with Crippen LogP contribution in [0.15, 0.2) is 23.2 Å². The molecule has 0 aliphatic carbocycles. The molecule has 0 atom stereocenters. The van der Waals surface area contributed by atoms with Crippen molar-refractivity contribution in [3.63, 3.8) is 0 Å². The lowest BCUT2D eigenvalue weighted by atomic mass is 9.98. The van der Waals surface area contributed by atoms with Crippen LogP contribution in [0.2, 0.25) is 0 Å². The quantitative estimate of drug-likeness (QED) is 0.675. The molecule has 1 heterocycles. The van der Waals surface area contributed by atoms with E-state index in [-0.39, 0.29) is 17.8 Å². The standard InChI is InChI=1S/C19H25BrFNO3/c1-5-13-10-15(20)17(16(21)11-13)24-12-14-6-8-22(9-7-14)18(23)25-19(2,3)4/h5,10-11,14H,1,6-9,12H2,2-4H3. The zero-order chi connectivity index (χ0) is 18.6. The molecular formula is C19H25BrFNO3. The summed E-state index contributed by atoms with van der Waals surface area (Å²) < 4.78 is 25.8. The number of benzene rings is 1. The fourth-order valence-electron chi connectivity index (χ4n) is 2.65. The molecule has 1 aliphatic heterocycles. The van der Waals surface area contributed by atoms with Crippen LogP contribution in [0.5, 0.6) is 5.75 Å². The fourth-order valence-corrected chi connectivity index (χ4v) is 3.21. The summed E-state index contributed by atoms with van der Waals surface area (Å²) in [5.41, 5.74) is 0.209. The second-order valence-electron chi connectivity index (χ2n) is 7.24. The summed E-state index contributed by atoms with van der Waals surface area (Å²) in [5.74, 6) is 0.0969. The lowest BCUT2D eigenvalue weighted by Gasteiger charge is -2.33. The summed E-state index contributed by atoms with van der Waals surface area (Å²) in [5, 5.41) is 0. The van der Waals surface area contributed by atoms with E-state index < -0.39 is 11.4 Å².